The molecule has 0 saturated heterocycles. The Kier molecular flexibility index (Phi) is 2.51. The molecule has 0 saturated carbocycles. The number of ether oxygens (including phenoxy) is 1. The fraction of sp³-hybridized carbons (Fsp3) is 0.200. The Labute approximate surface area is 95.7 Å². The molecule has 0 atom stereocenters. The smallest absolute Gasteiger partial charge is 0.356 e. The zero-order valence-corrected chi connectivity index (χ0v) is 9.21. The van der Waals surface area contributed by atoms with Crippen LogP contribution >= 0.6 is 0 Å². The normalized spacial score (nSPS) is 10.5. The van der Waals surface area contributed by atoms with Gasteiger partial charge >= 0.3 is 5.97 Å². The van der Waals surface area contributed by atoms with Crippen LogP contribution in [0.1, 0.15) is 10.5 Å². The van der Waals surface area contributed by atoms with Crippen LogP contribution in [0, 0.1) is 10.1 Å². The van der Waals surface area contributed by atoms with Crippen molar-refractivity contribution in [2.45, 2.75) is 0 Å². The van der Waals surface area contributed by atoms with Gasteiger partial charge in [-0.15, -0.1) is 0 Å². The fourth-order valence-corrected chi connectivity index (χ4v) is 1.64. The van der Waals surface area contributed by atoms with Gasteiger partial charge < -0.3 is 4.74 Å². The number of methoxy groups -OCH3 is 1. The molecule has 0 unspecified atom stereocenters. The number of non-ortho nitro benzene ring substituents is 1. The summed E-state index contributed by atoms with van der Waals surface area (Å²) in [5.74, 6) is -0.574. The van der Waals surface area contributed by atoms with Gasteiger partial charge in [0.05, 0.1) is 17.5 Å². The van der Waals surface area contributed by atoms with Crippen molar-refractivity contribution in [3.63, 3.8) is 0 Å². The lowest BCUT2D eigenvalue weighted by Gasteiger charge is -1.99. The highest BCUT2D eigenvalue weighted by Gasteiger charge is 2.19. The number of nitrogens with zero attached hydrogens (tertiary/aromatic N) is 3. The first kappa shape index (κ1) is 11.1. The Morgan fingerprint density at radius 1 is 1.53 bits per heavy atom. The van der Waals surface area contributed by atoms with E-state index in [4.69, 9.17) is 0 Å². The minimum absolute atomic E-state index is 0.0874. The summed E-state index contributed by atoms with van der Waals surface area (Å²) in [6, 6.07) is 4.16. The fourth-order valence-electron chi connectivity index (χ4n) is 1.64. The quantitative estimate of drug-likeness (QED) is 0.444. The van der Waals surface area contributed by atoms with E-state index < -0.39 is 10.9 Å². The molecule has 1 heterocycles. The van der Waals surface area contributed by atoms with Crippen molar-refractivity contribution in [3.05, 3.63) is 34.0 Å². The standard InChI is InChI=1S/C10H9N3O4/c1-12-9(10(14)17-2)7-5-6(13(15)16)3-4-8(7)11-12/h3-5H,1-2H3. The summed E-state index contributed by atoms with van der Waals surface area (Å²) in [6.07, 6.45) is 0. The zero-order valence-electron chi connectivity index (χ0n) is 9.21. The van der Waals surface area contributed by atoms with Gasteiger partial charge in [0, 0.05) is 24.6 Å². The number of aromatic nitrogens is 2. The molecule has 0 aliphatic carbocycles. The van der Waals surface area contributed by atoms with Crippen LogP contribution in [0.3, 0.4) is 0 Å². The second kappa shape index (κ2) is 3.85. The van der Waals surface area contributed by atoms with Crippen LogP contribution in [0.5, 0.6) is 0 Å². The lowest BCUT2D eigenvalue weighted by atomic mass is 10.2. The number of carbonyl (C=O) groups excluding carboxylic acids is 1. The molecule has 7 heteroatoms. The third-order valence-corrected chi connectivity index (χ3v) is 2.41. The maximum absolute atomic E-state index is 11.5. The van der Waals surface area contributed by atoms with Gasteiger partial charge in [0.2, 0.25) is 0 Å². The summed E-state index contributed by atoms with van der Waals surface area (Å²) in [5, 5.41) is 15.2. The lowest BCUT2D eigenvalue weighted by molar-refractivity contribution is -0.384. The molecule has 0 aliphatic heterocycles. The highest BCUT2D eigenvalue weighted by Crippen LogP contribution is 2.23. The van der Waals surface area contributed by atoms with E-state index in [0.29, 0.717) is 10.9 Å². The second-order valence-corrected chi connectivity index (χ2v) is 3.42. The van der Waals surface area contributed by atoms with Gasteiger partial charge in [-0.1, -0.05) is 0 Å². The van der Waals surface area contributed by atoms with Crippen LogP contribution in [-0.4, -0.2) is 27.8 Å². The van der Waals surface area contributed by atoms with Crippen LogP contribution in [0.15, 0.2) is 18.2 Å². The summed E-state index contributed by atoms with van der Waals surface area (Å²) in [6.45, 7) is 0. The zero-order chi connectivity index (χ0) is 12.6. The van der Waals surface area contributed by atoms with Gasteiger partial charge in [0.25, 0.3) is 5.69 Å². The highest BCUT2D eigenvalue weighted by atomic mass is 16.6. The summed E-state index contributed by atoms with van der Waals surface area (Å²) < 4.78 is 5.96. The Balaban J connectivity index is 2.73. The van der Waals surface area contributed by atoms with Crippen LogP contribution in [-0.2, 0) is 11.8 Å². The molecule has 7 nitrogen and oxygen atoms in total. The Bertz CT molecular complexity index is 617. The topological polar surface area (TPSA) is 87.3 Å². The van der Waals surface area contributed by atoms with E-state index in [1.165, 1.54) is 30.0 Å². The largest absolute Gasteiger partial charge is 0.464 e. The number of carbonyl (C=O) groups is 1. The van der Waals surface area contributed by atoms with E-state index in [9.17, 15) is 14.9 Å². The Morgan fingerprint density at radius 2 is 2.24 bits per heavy atom. The molecule has 1 aromatic carbocycles. The van der Waals surface area contributed by atoms with Gasteiger partial charge in [-0.3, -0.25) is 14.8 Å². The average Bonchev–Trinajstić information content (AvgIpc) is 2.62. The summed E-state index contributed by atoms with van der Waals surface area (Å²) >= 11 is 0. The SMILES string of the molecule is COC(=O)c1c2cc([N+](=O)[O-])ccc2nn1C. The number of esters is 1. The minimum Gasteiger partial charge on any atom is -0.464 e. The number of nitro groups is 1. The van der Waals surface area contributed by atoms with Crippen molar-refractivity contribution >= 4 is 22.6 Å². The van der Waals surface area contributed by atoms with Crippen molar-refractivity contribution in [1.82, 2.24) is 9.78 Å². The van der Waals surface area contributed by atoms with E-state index in [2.05, 4.69) is 9.84 Å². The number of hydrogen-bond acceptors (Lipinski definition) is 5. The molecular weight excluding hydrogens is 226 g/mol. The minimum atomic E-state index is -0.574. The van der Waals surface area contributed by atoms with Gasteiger partial charge in [-0.25, -0.2) is 4.79 Å². The lowest BCUT2D eigenvalue weighted by Crippen LogP contribution is -2.08. The molecule has 0 fully saturated rings. The monoisotopic (exact) mass is 235 g/mol. The highest BCUT2D eigenvalue weighted by molar-refractivity contribution is 6.02. The molecule has 17 heavy (non-hydrogen) atoms. The maximum Gasteiger partial charge on any atom is 0.356 e. The van der Waals surface area contributed by atoms with Crippen LogP contribution in [0.2, 0.25) is 0 Å². The van der Waals surface area contributed by atoms with Crippen LogP contribution < -0.4 is 0 Å². The first-order valence-electron chi connectivity index (χ1n) is 4.74. The third-order valence-electron chi connectivity index (χ3n) is 2.41. The molecule has 1 aromatic heterocycles. The Morgan fingerprint density at radius 3 is 2.82 bits per heavy atom. The Hall–Kier alpha value is -2.44. The van der Waals surface area contributed by atoms with E-state index in [-0.39, 0.29) is 11.4 Å². The number of rotatable bonds is 2. The molecule has 2 aromatic rings. The summed E-state index contributed by atoms with van der Waals surface area (Å²) in [5.41, 5.74) is 0.625. The number of fused-ring (bicyclic) bond motifs is 1. The predicted molar refractivity (Wildman–Crippen MR) is 58.7 cm³/mol. The summed E-state index contributed by atoms with van der Waals surface area (Å²) in [7, 11) is 2.83. The second-order valence-electron chi connectivity index (χ2n) is 3.42. The molecule has 0 spiro atoms. The number of hydrogen-bond donors (Lipinski definition) is 0. The molecular formula is C10H9N3O4. The first-order valence-corrected chi connectivity index (χ1v) is 4.74. The number of benzene rings is 1. The average molecular weight is 235 g/mol. The van der Waals surface area contributed by atoms with Crippen molar-refractivity contribution in [3.8, 4) is 0 Å². The van der Waals surface area contributed by atoms with E-state index >= 15 is 0 Å². The molecule has 0 radical (unpaired) electrons. The van der Waals surface area contributed by atoms with Gasteiger partial charge in [0.15, 0.2) is 5.69 Å². The van der Waals surface area contributed by atoms with E-state index in [1.807, 2.05) is 0 Å². The van der Waals surface area contributed by atoms with Gasteiger partial charge in [-0.2, -0.15) is 5.10 Å². The number of aryl methyl sites for hydroxylation is 1. The molecule has 0 aliphatic rings. The van der Waals surface area contributed by atoms with Gasteiger partial charge in [0.1, 0.15) is 0 Å². The van der Waals surface area contributed by atoms with Crippen molar-refractivity contribution in [1.29, 1.82) is 0 Å². The number of nitro benzene ring substituents is 1. The molecule has 0 amide bonds. The predicted octanol–water partition coefficient (Wildman–Crippen LogP) is 1.27. The molecule has 0 bridgehead atoms. The van der Waals surface area contributed by atoms with Crippen molar-refractivity contribution in [2.24, 2.45) is 7.05 Å². The van der Waals surface area contributed by atoms with Crippen LogP contribution in [0.25, 0.3) is 10.9 Å². The van der Waals surface area contributed by atoms with E-state index in [1.54, 1.807) is 7.05 Å². The maximum atomic E-state index is 11.5. The van der Waals surface area contributed by atoms with Gasteiger partial charge in [-0.05, 0) is 6.07 Å². The molecule has 0 N–H and O–H groups in total. The van der Waals surface area contributed by atoms with E-state index in [0.717, 1.165) is 0 Å². The first-order chi connectivity index (χ1) is 8.04. The van der Waals surface area contributed by atoms with Crippen LogP contribution in [0.4, 0.5) is 5.69 Å². The van der Waals surface area contributed by atoms with Crippen molar-refractivity contribution < 1.29 is 14.5 Å². The molecule has 2 rings (SSSR count). The molecule has 88 valence electrons. The third kappa shape index (κ3) is 1.71. The summed E-state index contributed by atoms with van der Waals surface area (Å²) in [4.78, 5) is 21.7. The van der Waals surface area contributed by atoms with Crippen molar-refractivity contribution in [2.75, 3.05) is 7.11 Å².